The predicted octanol–water partition coefficient (Wildman–Crippen LogP) is 28.0. The summed E-state index contributed by atoms with van der Waals surface area (Å²) in [5, 5.41) is 21.5. The van der Waals surface area contributed by atoms with Crippen molar-refractivity contribution in [3.63, 3.8) is 0 Å². The Balaban J connectivity index is 0.0000000980. The summed E-state index contributed by atoms with van der Waals surface area (Å²) in [6.45, 7) is 0. The van der Waals surface area contributed by atoms with Gasteiger partial charge in [0.2, 0.25) is 5.71 Å². The second-order valence-corrected chi connectivity index (χ2v) is 31.2. The lowest BCUT2D eigenvalue weighted by molar-refractivity contribution is 0.654. The first-order chi connectivity index (χ1) is 58.1. The van der Waals surface area contributed by atoms with Crippen molar-refractivity contribution in [1.82, 2.24) is 42.4 Å². The number of thiophene rings is 1. The molecule has 546 valence electrons. The van der Waals surface area contributed by atoms with Crippen LogP contribution in [0.15, 0.2) is 392 Å². The Morgan fingerprint density at radius 1 is 0.205 bits per heavy atom. The van der Waals surface area contributed by atoms with Crippen LogP contribution in [-0.4, -0.2) is 42.4 Å². The third kappa shape index (κ3) is 9.70. The van der Waals surface area contributed by atoms with Gasteiger partial charge in [-0.1, -0.05) is 218 Å². The van der Waals surface area contributed by atoms with Crippen LogP contribution in [0.4, 0.5) is 0 Å². The topological polar surface area (TPSA) is 94.5 Å². The maximum Gasteiger partial charge on any atom is 0.227 e. The van der Waals surface area contributed by atoms with Crippen LogP contribution < -0.4 is 0 Å². The molecular weight excluding hydrogens is 1450 g/mol. The lowest BCUT2D eigenvalue weighted by Crippen LogP contribution is -1.95. The highest BCUT2D eigenvalue weighted by Gasteiger charge is 2.24. The minimum absolute atomic E-state index is 0.647. The predicted molar refractivity (Wildman–Crippen MR) is 486 cm³/mol. The lowest BCUT2D eigenvalue weighted by atomic mass is 10.1. The van der Waals surface area contributed by atoms with E-state index in [2.05, 4.69) is 379 Å². The largest absolute Gasteiger partial charge is 0.454 e. The summed E-state index contributed by atoms with van der Waals surface area (Å²) in [6.07, 6.45) is 9.80. The SMILES string of the molecule is c1ccc2c(c1)c1ccccc1n2-c1ccc2oc3c(-n4c5ccccc5c5ccccc54)cncc3c2c1.c1ccc2c(c1)c1ccccc1n2-c1ccc2oc3ncc(-n4c5ccccc5c5ccccc54)cc3c2c1.c1ccc2c(c1)c1ccccc1n2-c1ccc2sc3c(-n4c5ccccc5c5ccccc54)cncc3c2c1. The molecule has 0 unspecified atom stereocenters. The maximum atomic E-state index is 6.58. The highest BCUT2D eigenvalue weighted by Crippen LogP contribution is 2.46. The second-order valence-electron chi connectivity index (χ2n) is 30.2. The highest BCUT2D eigenvalue weighted by molar-refractivity contribution is 7.26. The summed E-state index contributed by atoms with van der Waals surface area (Å²) in [6, 6.07) is 125. The number of hydrogen-bond acceptors (Lipinski definition) is 6. The molecule has 0 atom stereocenters. The van der Waals surface area contributed by atoms with Crippen molar-refractivity contribution in [3.05, 3.63) is 383 Å². The van der Waals surface area contributed by atoms with Crippen molar-refractivity contribution < 1.29 is 8.83 Å². The van der Waals surface area contributed by atoms with Crippen molar-refractivity contribution in [2.45, 2.75) is 0 Å². The summed E-state index contributed by atoms with van der Waals surface area (Å²) in [4.78, 5) is 14.3. The van der Waals surface area contributed by atoms with E-state index in [1.54, 1.807) is 0 Å². The molecule has 27 rings (SSSR count). The van der Waals surface area contributed by atoms with Crippen LogP contribution in [0.3, 0.4) is 0 Å². The maximum absolute atomic E-state index is 6.58. The molecule has 0 aliphatic carbocycles. The van der Waals surface area contributed by atoms with Crippen molar-refractivity contribution >= 4 is 206 Å². The van der Waals surface area contributed by atoms with Crippen LogP contribution in [-0.2, 0) is 0 Å². The minimum atomic E-state index is 0.647. The Morgan fingerprint density at radius 2 is 0.487 bits per heavy atom. The highest BCUT2D eigenvalue weighted by atomic mass is 32.1. The zero-order valence-corrected chi connectivity index (χ0v) is 63.4. The molecule has 0 aliphatic heterocycles. The van der Waals surface area contributed by atoms with Crippen LogP contribution in [0.1, 0.15) is 0 Å². The summed E-state index contributed by atoms with van der Waals surface area (Å²) >= 11 is 1.85. The van der Waals surface area contributed by atoms with Gasteiger partial charge in [-0.15, -0.1) is 11.3 Å². The Hall–Kier alpha value is -15.6. The van der Waals surface area contributed by atoms with Gasteiger partial charge in [0.05, 0.1) is 106 Å². The Labute approximate surface area is 670 Å². The molecule has 0 N–H and O–H groups in total. The van der Waals surface area contributed by atoms with Gasteiger partial charge in [-0.25, -0.2) is 4.98 Å². The van der Waals surface area contributed by atoms with Crippen molar-refractivity contribution in [3.8, 4) is 34.1 Å². The molecule has 0 amide bonds. The Kier molecular flexibility index (Phi) is 14.1. The number of hydrogen-bond donors (Lipinski definition) is 0. The summed E-state index contributed by atoms with van der Waals surface area (Å²) < 4.78 is 29.3. The zero-order chi connectivity index (χ0) is 76.5. The molecule has 0 spiro atoms. The normalized spacial score (nSPS) is 12.1. The van der Waals surface area contributed by atoms with E-state index >= 15 is 0 Å². The van der Waals surface area contributed by atoms with E-state index < -0.39 is 0 Å². The zero-order valence-electron chi connectivity index (χ0n) is 62.6. The fraction of sp³-hybridized carbons (Fsp3) is 0. The first kappa shape index (κ1) is 65.0. The number of aromatic nitrogens is 9. The molecule has 0 radical (unpaired) electrons. The van der Waals surface area contributed by atoms with Crippen LogP contribution in [0.5, 0.6) is 0 Å². The Bertz CT molecular complexity index is 7750. The third-order valence-electron chi connectivity index (χ3n) is 24.0. The number of fused-ring (bicyclic) bond motifs is 27. The van der Waals surface area contributed by atoms with E-state index in [0.29, 0.717) is 5.71 Å². The molecular formula is C105H63N9O2S. The molecule has 27 aromatic rings. The van der Waals surface area contributed by atoms with Gasteiger partial charge in [0.25, 0.3) is 0 Å². The van der Waals surface area contributed by atoms with E-state index in [1.807, 2.05) is 42.3 Å². The van der Waals surface area contributed by atoms with Crippen LogP contribution in [0.2, 0.25) is 0 Å². The number of furan rings is 2. The average molecular weight is 1510 g/mol. The van der Waals surface area contributed by atoms with Gasteiger partial charge in [-0.05, 0) is 133 Å². The van der Waals surface area contributed by atoms with E-state index in [9.17, 15) is 0 Å². The van der Waals surface area contributed by atoms with Gasteiger partial charge < -0.3 is 36.2 Å². The summed E-state index contributed by atoms with van der Waals surface area (Å²) in [5.41, 5.74) is 23.9. The molecule has 12 aromatic heterocycles. The monoisotopic (exact) mass is 1510 g/mol. The van der Waals surface area contributed by atoms with E-state index in [0.717, 1.165) is 77.8 Å². The first-order valence-corrected chi connectivity index (χ1v) is 40.2. The number of benzene rings is 15. The van der Waals surface area contributed by atoms with Crippen molar-refractivity contribution in [2.75, 3.05) is 0 Å². The van der Waals surface area contributed by atoms with Gasteiger partial charge in [0, 0.05) is 126 Å². The number of rotatable bonds is 6. The fourth-order valence-corrected chi connectivity index (χ4v) is 20.1. The first-order valence-electron chi connectivity index (χ1n) is 39.4. The van der Waals surface area contributed by atoms with Crippen LogP contribution in [0, 0.1) is 0 Å². The fourth-order valence-electron chi connectivity index (χ4n) is 19.0. The van der Waals surface area contributed by atoms with Gasteiger partial charge in [0.1, 0.15) is 16.9 Å². The molecule has 117 heavy (non-hydrogen) atoms. The molecule has 0 fully saturated rings. The Morgan fingerprint density at radius 3 is 0.863 bits per heavy atom. The number of pyridine rings is 3. The number of para-hydroxylation sites is 12. The van der Waals surface area contributed by atoms with Crippen LogP contribution >= 0.6 is 11.3 Å². The number of nitrogens with zero attached hydrogens (tertiary/aromatic N) is 9. The molecule has 15 aromatic carbocycles. The summed E-state index contributed by atoms with van der Waals surface area (Å²) in [5.74, 6) is 0. The third-order valence-corrected chi connectivity index (χ3v) is 25.2. The van der Waals surface area contributed by atoms with Gasteiger partial charge in [0.15, 0.2) is 5.58 Å². The molecule has 0 aliphatic rings. The second kappa shape index (κ2) is 25.4. The average Bonchev–Trinajstić information content (AvgIpc) is 1.60. The van der Waals surface area contributed by atoms with Gasteiger partial charge in [-0.2, -0.15) is 0 Å². The lowest BCUT2D eigenvalue weighted by Gasteiger charge is -2.09. The van der Waals surface area contributed by atoms with Crippen molar-refractivity contribution in [2.24, 2.45) is 0 Å². The van der Waals surface area contributed by atoms with Crippen molar-refractivity contribution in [1.29, 1.82) is 0 Å². The molecule has 0 saturated heterocycles. The standard InChI is InChI=1S/2C35H21N3O.C35H21N3S/c1-5-13-30-24(9-1)25-10-2-6-14-31(25)37(30)22-17-18-34-28(19-22)29-20-23(21-36-35(29)39-34)38-32-15-7-3-11-26(32)27-12-4-8-16-33(27)38;2*1-5-13-29-23(9-1)24-10-2-6-14-30(24)37(29)22-17-18-34-27(19-22)28-20-36-21-33(35(28)39-34)38-31-15-7-3-11-25(31)26-12-4-8-16-32(26)38/h3*1-21H. The smallest absolute Gasteiger partial charge is 0.227 e. The molecule has 12 heteroatoms. The molecule has 0 bridgehead atoms. The quantitative estimate of drug-likeness (QED) is 0.165. The van der Waals surface area contributed by atoms with E-state index in [-0.39, 0.29) is 0 Å². The van der Waals surface area contributed by atoms with E-state index in [1.165, 1.54) is 146 Å². The molecule has 0 saturated carbocycles. The van der Waals surface area contributed by atoms with Gasteiger partial charge in [-0.3, -0.25) is 9.97 Å². The molecule has 11 nitrogen and oxygen atoms in total. The van der Waals surface area contributed by atoms with Gasteiger partial charge >= 0.3 is 0 Å². The molecule has 12 heterocycles. The van der Waals surface area contributed by atoms with Crippen LogP contribution in [0.25, 0.3) is 229 Å². The van der Waals surface area contributed by atoms with E-state index in [4.69, 9.17) is 23.8 Å². The minimum Gasteiger partial charge on any atom is -0.454 e. The summed E-state index contributed by atoms with van der Waals surface area (Å²) in [7, 11) is 0.